The minimum Gasteiger partial charge on any atom is -0.385 e. The smallest absolute Gasteiger partial charge is 0.385 e. The Balaban J connectivity index is 3.67. The first-order valence-corrected chi connectivity index (χ1v) is 3.75. The van der Waals surface area contributed by atoms with Crippen molar-refractivity contribution in [2.24, 2.45) is 11.7 Å². The molecule has 0 aromatic heterocycles. The van der Waals surface area contributed by atoms with E-state index in [1.807, 2.05) is 0 Å². The predicted octanol–water partition coefficient (Wildman–Crippen LogP) is 1.55. The topological polar surface area (TPSA) is 35.2 Å². The molecule has 2 nitrogen and oxygen atoms in total. The van der Waals surface area contributed by atoms with Gasteiger partial charge in [0.25, 0.3) is 0 Å². The Morgan fingerprint density at radius 1 is 1.42 bits per heavy atom. The van der Waals surface area contributed by atoms with Crippen LogP contribution >= 0.6 is 0 Å². The fraction of sp³-hybridized carbons (Fsp3) is 1.00. The molecule has 0 aromatic carbocycles. The average molecular weight is 185 g/mol. The highest BCUT2D eigenvalue weighted by Crippen LogP contribution is 2.25. The van der Waals surface area contributed by atoms with Gasteiger partial charge < -0.3 is 10.5 Å². The van der Waals surface area contributed by atoms with Crippen LogP contribution in [-0.2, 0) is 4.74 Å². The van der Waals surface area contributed by atoms with Crippen molar-refractivity contribution in [1.29, 1.82) is 0 Å². The molecule has 0 saturated heterocycles. The summed E-state index contributed by atoms with van der Waals surface area (Å²) in [6, 6.07) is 0. The monoisotopic (exact) mass is 185 g/mol. The van der Waals surface area contributed by atoms with E-state index in [9.17, 15) is 13.2 Å². The first-order valence-electron chi connectivity index (χ1n) is 3.75. The van der Waals surface area contributed by atoms with Gasteiger partial charge in [-0.2, -0.15) is 13.2 Å². The number of ether oxygens (including phenoxy) is 1. The van der Waals surface area contributed by atoms with Crippen LogP contribution in [0.2, 0.25) is 0 Å². The molecule has 0 aliphatic carbocycles. The molecule has 74 valence electrons. The number of alkyl halides is 3. The summed E-state index contributed by atoms with van der Waals surface area (Å²) < 4.78 is 40.1. The van der Waals surface area contributed by atoms with Crippen LogP contribution in [0.5, 0.6) is 0 Å². The Labute approximate surface area is 69.9 Å². The van der Waals surface area contributed by atoms with E-state index in [1.165, 1.54) is 7.11 Å². The third-order valence-electron chi connectivity index (χ3n) is 1.58. The first-order chi connectivity index (χ1) is 5.49. The number of halogens is 3. The van der Waals surface area contributed by atoms with Crippen molar-refractivity contribution in [2.45, 2.75) is 19.0 Å². The lowest BCUT2D eigenvalue weighted by Crippen LogP contribution is -2.23. The quantitative estimate of drug-likeness (QED) is 0.705. The van der Waals surface area contributed by atoms with Gasteiger partial charge in [-0.1, -0.05) is 0 Å². The molecule has 0 fully saturated rings. The van der Waals surface area contributed by atoms with Crippen LogP contribution in [0.15, 0.2) is 0 Å². The van der Waals surface area contributed by atoms with Crippen molar-refractivity contribution in [1.82, 2.24) is 0 Å². The van der Waals surface area contributed by atoms with Crippen LogP contribution in [0.1, 0.15) is 12.8 Å². The Bertz CT molecular complexity index is 116. The Morgan fingerprint density at radius 2 is 2.00 bits per heavy atom. The molecule has 2 N–H and O–H groups in total. The highest BCUT2D eigenvalue weighted by molar-refractivity contribution is 4.64. The van der Waals surface area contributed by atoms with Crippen molar-refractivity contribution < 1.29 is 17.9 Å². The maximum Gasteiger partial charge on any atom is 0.389 e. The van der Waals surface area contributed by atoms with Gasteiger partial charge in [-0.25, -0.2) is 0 Å². The van der Waals surface area contributed by atoms with E-state index in [1.54, 1.807) is 0 Å². The van der Waals surface area contributed by atoms with E-state index in [2.05, 4.69) is 4.74 Å². The number of rotatable bonds is 5. The fourth-order valence-electron chi connectivity index (χ4n) is 0.915. The standard InChI is InChI=1S/C7H14F3NO/c1-12-3-2-6(5-11)4-7(8,9)10/h6H,2-5,11H2,1H3/t6-/m0/s1. The summed E-state index contributed by atoms with van der Waals surface area (Å²) in [5.41, 5.74) is 5.17. The van der Waals surface area contributed by atoms with Gasteiger partial charge in [0.2, 0.25) is 0 Å². The van der Waals surface area contributed by atoms with Gasteiger partial charge in [0.05, 0.1) is 0 Å². The number of hydrogen-bond donors (Lipinski definition) is 1. The van der Waals surface area contributed by atoms with E-state index >= 15 is 0 Å². The fourth-order valence-corrected chi connectivity index (χ4v) is 0.915. The number of nitrogens with two attached hydrogens (primary N) is 1. The van der Waals surface area contributed by atoms with Crippen molar-refractivity contribution in [2.75, 3.05) is 20.3 Å². The van der Waals surface area contributed by atoms with E-state index in [4.69, 9.17) is 5.73 Å². The zero-order valence-corrected chi connectivity index (χ0v) is 7.03. The zero-order chi connectivity index (χ0) is 9.61. The van der Waals surface area contributed by atoms with Gasteiger partial charge in [0.1, 0.15) is 0 Å². The number of hydrogen-bond acceptors (Lipinski definition) is 2. The molecule has 0 heterocycles. The molecule has 12 heavy (non-hydrogen) atoms. The lowest BCUT2D eigenvalue weighted by Gasteiger charge is -2.15. The molecule has 0 saturated carbocycles. The molecule has 1 atom stereocenters. The molecule has 0 radical (unpaired) electrons. The lowest BCUT2D eigenvalue weighted by molar-refractivity contribution is -0.144. The molecule has 0 rings (SSSR count). The molecule has 0 aliphatic heterocycles. The van der Waals surface area contributed by atoms with Crippen LogP contribution in [0.4, 0.5) is 13.2 Å². The van der Waals surface area contributed by atoms with Crippen LogP contribution in [0.3, 0.4) is 0 Å². The summed E-state index contributed by atoms with van der Waals surface area (Å²) in [6.07, 6.45) is -4.56. The van der Waals surface area contributed by atoms with Gasteiger partial charge >= 0.3 is 6.18 Å². The molecule has 5 heteroatoms. The lowest BCUT2D eigenvalue weighted by atomic mass is 10.0. The summed E-state index contributed by atoms with van der Waals surface area (Å²) >= 11 is 0. The molecule has 0 bridgehead atoms. The Hall–Kier alpha value is -0.290. The van der Waals surface area contributed by atoms with Gasteiger partial charge in [-0.3, -0.25) is 0 Å². The van der Waals surface area contributed by atoms with Crippen LogP contribution in [0.25, 0.3) is 0 Å². The summed E-state index contributed by atoms with van der Waals surface area (Å²) in [5, 5.41) is 0. The van der Waals surface area contributed by atoms with E-state index in [0.717, 1.165) is 0 Å². The SMILES string of the molecule is COCC[C@H](CN)CC(F)(F)F. The van der Waals surface area contributed by atoms with Gasteiger partial charge in [-0.15, -0.1) is 0 Å². The molecule has 0 spiro atoms. The van der Waals surface area contributed by atoms with Crippen LogP contribution in [-0.4, -0.2) is 26.4 Å². The normalized spacial score (nSPS) is 14.8. The molecule has 0 aromatic rings. The van der Waals surface area contributed by atoms with Crippen LogP contribution < -0.4 is 5.73 Å². The van der Waals surface area contributed by atoms with E-state index < -0.39 is 18.5 Å². The number of methoxy groups -OCH3 is 1. The summed E-state index contributed by atoms with van der Waals surface area (Å²) in [4.78, 5) is 0. The van der Waals surface area contributed by atoms with Crippen molar-refractivity contribution in [3.05, 3.63) is 0 Å². The Morgan fingerprint density at radius 3 is 2.33 bits per heavy atom. The maximum absolute atomic E-state index is 11.8. The summed E-state index contributed by atoms with van der Waals surface area (Å²) in [6.45, 7) is 0.390. The second-order valence-corrected chi connectivity index (χ2v) is 2.70. The van der Waals surface area contributed by atoms with Crippen LogP contribution in [0, 0.1) is 5.92 Å². The highest BCUT2D eigenvalue weighted by Gasteiger charge is 2.30. The molecule has 0 aliphatic rings. The zero-order valence-electron chi connectivity index (χ0n) is 7.03. The van der Waals surface area contributed by atoms with Crippen molar-refractivity contribution in [3.8, 4) is 0 Å². The van der Waals surface area contributed by atoms with Gasteiger partial charge in [0.15, 0.2) is 0 Å². The van der Waals surface area contributed by atoms with Crippen molar-refractivity contribution >= 4 is 0 Å². The largest absolute Gasteiger partial charge is 0.389 e. The molecule has 0 amide bonds. The van der Waals surface area contributed by atoms with E-state index in [-0.39, 0.29) is 6.54 Å². The minimum absolute atomic E-state index is 0.0584. The summed E-state index contributed by atoms with van der Waals surface area (Å²) in [5.74, 6) is -0.509. The molecular weight excluding hydrogens is 171 g/mol. The first kappa shape index (κ1) is 11.7. The Kier molecular flexibility index (Phi) is 5.24. The predicted molar refractivity (Wildman–Crippen MR) is 39.7 cm³/mol. The maximum atomic E-state index is 11.8. The molecular formula is C7H14F3NO. The third-order valence-corrected chi connectivity index (χ3v) is 1.58. The minimum atomic E-state index is -4.11. The second kappa shape index (κ2) is 5.37. The van der Waals surface area contributed by atoms with Crippen molar-refractivity contribution in [3.63, 3.8) is 0 Å². The van der Waals surface area contributed by atoms with Gasteiger partial charge in [0, 0.05) is 20.1 Å². The third kappa shape index (κ3) is 6.42. The average Bonchev–Trinajstić information content (AvgIpc) is 1.95. The van der Waals surface area contributed by atoms with E-state index in [0.29, 0.717) is 13.0 Å². The highest BCUT2D eigenvalue weighted by atomic mass is 19.4. The summed E-state index contributed by atoms with van der Waals surface area (Å²) in [7, 11) is 1.46. The van der Waals surface area contributed by atoms with Gasteiger partial charge in [-0.05, 0) is 18.9 Å². The molecule has 0 unspecified atom stereocenters. The second-order valence-electron chi connectivity index (χ2n) is 2.70.